The minimum atomic E-state index is -0.204. The van der Waals surface area contributed by atoms with E-state index < -0.39 is 0 Å². The summed E-state index contributed by atoms with van der Waals surface area (Å²) in [4.78, 5) is 14.3. The lowest BCUT2D eigenvalue weighted by Gasteiger charge is -2.08. The molecule has 0 radical (unpaired) electrons. The van der Waals surface area contributed by atoms with Crippen LogP contribution in [0.25, 0.3) is 16.7 Å². The van der Waals surface area contributed by atoms with E-state index in [0.717, 1.165) is 29.8 Å². The molecular formula is C25H26N4O3. The zero-order valence-electron chi connectivity index (χ0n) is 18.2. The fourth-order valence-corrected chi connectivity index (χ4v) is 3.21. The summed E-state index contributed by atoms with van der Waals surface area (Å²) in [6, 6.07) is 20.3. The molecule has 7 heteroatoms. The molecular weight excluding hydrogens is 404 g/mol. The van der Waals surface area contributed by atoms with Crippen LogP contribution >= 0.6 is 0 Å². The lowest BCUT2D eigenvalue weighted by Crippen LogP contribution is -2.12. The number of ether oxygens (including phenoxy) is 2. The Labute approximate surface area is 187 Å². The molecule has 1 aromatic heterocycles. The predicted molar refractivity (Wildman–Crippen MR) is 125 cm³/mol. The molecule has 0 atom stereocenters. The number of hydrogen-bond acceptors (Lipinski definition) is 5. The Balaban J connectivity index is 1.48. The van der Waals surface area contributed by atoms with Gasteiger partial charge in [0.05, 0.1) is 18.9 Å². The van der Waals surface area contributed by atoms with Gasteiger partial charge in [-0.1, -0.05) is 19.4 Å². The van der Waals surface area contributed by atoms with Gasteiger partial charge in [0.15, 0.2) is 0 Å². The molecule has 0 fully saturated rings. The first-order valence-electron chi connectivity index (χ1n) is 10.8. The van der Waals surface area contributed by atoms with Crippen molar-refractivity contribution < 1.29 is 14.3 Å². The molecule has 32 heavy (non-hydrogen) atoms. The van der Waals surface area contributed by atoms with Crippen LogP contribution in [-0.4, -0.2) is 34.1 Å². The quantitative estimate of drug-likeness (QED) is 0.367. The van der Waals surface area contributed by atoms with Gasteiger partial charge in [-0.25, -0.2) is 0 Å². The third-order valence-electron chi connectivity index (χ3n) is 4.88. The van der Waals surface area contributed by atoms with Crippen LogP contribution in [0.2, 0.25) is 0 Å². The largest absolute Gasteiger partial charge is 0.494 e. The van der Waals surface area contributed by atoms with Crippen LogP contribution < -0.4 is 14.8 Å². The standard InChI is InChI=1S/C25H26N4O3/c1-3-5-15-32-22-8-6-7-18(16-22)25(30)26-19-9-14-23-24(17-19)28-29(27-23)20-10-12-21(13-11-20)31-4-2/h6-14,16-17H,3-5,15H2,1-2H3,(H,26,30). The number of anilines is 1. The van der Waals surface area contributed by atoms with E-state index in [1.807, 2.05) is 61.5 Å². The summed E-state index contributed by atoms with van der Waals surface area (Å²) in [6.07, 6.45) is 2.04. The van der Waals surface area contributed by atoms with Crippen molar-refractivity contribution >= 4 is 22.6 Å². The van der Waals surface area contributed by atoms with Crippen LogP contribution in [0.4, 0.5) is 5.69 Å². The highest BCUT2D eigenvalue weighted by atomic mass is 16.5. The van der Waals surface area contributed by atoms with Crippen molar-refractivity contribution in [2.45, 2.75) is 26.7 Å². The maximum atomic E-state index is 12.7. The van der Waals surface area contributed by atoms with Crippen LogP contribution in [0, 0.1) is 0 Å². The van der Waals surface area contributed by atoms with Crippen molar-refractivity contribution in [2.24, 2.45) is 0 Å². The van der Waals surface area contributed by atoms with E-state index in [1.54, 1.807) is 16.9 Å². The molecule has 7 nitrogen and oxygen atoms in total. The Morgan fingerprint density at radius 1 is 0.906 bits per heavy atom. The Bertz CT molecular complexity index is 1200. The summed E-state index contributed by atoms with van der Waals surface area (Å²) >= 11 is 0. The fourth-order valence-electron chi connectivity index (χ4n) is 3.21. The molecule has 0 saturated heterocycles. The van der Waals surface area contributed by atoms with E-state index in [1.165, 1.54) is 0 Å². The smallest absolute Gasteiger partial charge is 0.255 e. The number of amides is 1. The van der Waals surface area contributed by atoms with Gasteiger partial charge >= 0.3 is 0 Å². The Morgan fingerprint density at radius 2 is 1.72 bits per heavy atom. The molecule has 0 aliphatic rings. The summed E-state index contributed by atoms with van der Waals surface area (Å²) < 4.78 is 11.2. The topological polar surface area (TPSA) is 78.3 Å². The van der Waals surface area contributed by atoms with Crippen LogP contribution in [0.1, 0.15) is 37.0 Å². The predicted octanol–water partition coefficient (Wildman–Crippen LogP) is 5.25. The molecule has 4 aromatic rings. The van der Waals surface area contributed by atoms with E-state index >= 15 is 0 Å². The molecule has 0 aliphatic carbocycles. The average molecular weight is 431 g/mol. The molecule has 1 amide bonds. The molecule has 0 aliphatic heterocycles. The lowest BCUT2D eigenvalue weighted by atomic mass is 10.2. The van der Waals surface area contributed by atoms with E-state index in [0.29, 0.717) is 35.7 Å². The first-order chi connectivity index (χ1) is 15.7. The molecule has 1 N–H and O–H groups in total. The van der Waals surface area contributed by atoms with Gasteiger partial charge in [0.1, 0.15) is 22.5 Å². The second-order valence-corrected chi connectivity index (χ2v) is 7.30. The molecule has 0 unspecified atom stereocenters. The minimum absolute atomic E-state index is 0.204. The highest BCUT2D eigenvalue weighted by molar-refractivity contribution is 6.05. The summed E-state index contributed by atoms with van der Waals surface area (Å²) in [6.45, 7) is 5.32. The monoisotopic (exact) mass is 430 g/mol. The van der Waals surface area contributed by atoms with E-state index in [9.17, 15) is 4.79 Å². The average Bonchev–Trinajstić information content (AvgIpc) is 3.24. The van der Waals surface area contributed by atoms with E-state index in [4.69, 9.17) is 9.47 Å². The van der Waals surface area contributed by atoms with Gasteiger partial charge in [-0.05, 0) is 74.0 Å². The summed E-state index contributed by atoms with van der Waals surface area (Å²) in [5.41, 5.74) is 3.45. The SMILES string of the molecule is CCCCOc1cccc(C(=O)Nc2ccc3nn(-c4ccc(OCC)cc4)nc3c2)c1. The fraction of sp³-hybridized carbons (Fsp3) is 0.240. The van der Waals surface area contributed by atoms with Crippen molar-refractivity contribution in [1.82, 2.24) is 15.0 Å². The molecule has 3 aromatic carbocycles. The molecule has 0 saturated carbocycles. The third-order valence-corrected chi connectivity index (χ3v) is 4.88. The maximum absolute atomic E-state index is 12.7. The molecule has 0 bridgehead atoms. The number of hydrogen-bond donors (Lipinski definition) is 1. The number of carbonyl (C=O) groups is 1. The summed E-state index contributed by atoms with van der Waals surface area (Å²) in [5.74, 6) is 1.29. The van der Waals surface area contributed by atoms with Gasteiger partial charge < -0.3 is 14.8 Å². The maximum Gasteiger partial charge on any atom is 0.255 e. The van der Waals surface area contributed by atoms with Crippen molar-refractivity contribution in [1.29, 1.82) is 0 Å². The molecule has 164 valence electrons. The van der Waals surface area contributed by atoms with Gasteiger partial charge in [-0.15, -0.1) is 10.2 Å². The summed E-state index contributed by atoms with van der Waals surface area (Å²) in [7, 11) is 0. The number of unbranched alkanes of at least 4 members (excludes halogenated alkanes) is 1. The zero-order valence-corrected chi connectivity index (χ0v) is 18.2. The molecule has 0 spiro atoms. The van der Waals surface area contributed by atoms with Gasteiger partial charge in [0.2, 0.25) is 0 Å². The third kappa shape index (κ3) is 5.06. The Kier molecular flexibility index (Phi) is 6.65. The number of carbonyl (C=O) groups excluding carboxylic acids is 1. The molecule has 1 heterocycles. The van der Waals surface area contributed by atoms with Gasteiger partial charge in [0, 0.05) is 11.3 Å². The normalized spacial score (nSPS) is 10.8. The highest BCUT2D eigenvalue weighted by Crippen LogP contribution is 2.21. The number of rotatable bonds is 9. The number of benzene rings is 3. The van der Waals surface area contributed by atoms with Crippen molar-refractivity contribution in [3.63, 3.8) is 0 Å². The minimum Gasteiger partial charge on any atom is -0.494 e. The Morgan fingerprint density at radius 3 is 2.50 bits per heavy atom. The number of fused-ring (bicyclic) bond motifs is 1. The molecule has 4 rings (SSSR count). The first kappa shape index (κ1) is 21.4. The number of nitrogens with one attached hydrogen (secondary N) is 1. The van der Waals surface area contributed by atoms with Crippen LogP contribution in [0.15, 0.2) is 66.7 Å². The lowest BCUT2D eigenvalue weighted by molar-refractivity contribution is 0.102. The van der Waals surface area contributed by atoms with Gasteiger partial charge in [-0.3, -0.25) is 4.79 Å². The zero-order chi connectivity index (χ0) is 22.3. The van der Waals surface area contributed by atoms with Crippen molar-refractivity contribution in [3.8, 4) is 17.2 Å². The summed E-state index contributed by atoms with van der Waals surface area (Å²) in [5, 5.41) is 12.0. The van der Waals surface area contributed by atoms with Crippen LogP contribution in [0.5, 0.6) is 11.5 Å². The second kappa shape index (κ2) is 9.96. The van der Waals surface area contributed by atoms with Gasteiger partial charge in [0.25, 0.3) is 5.91 Å². The van der Waals surface area contributed by atoms with E-state index in [2.05, 4.69) is 22.4 Å². The van der Waals surface area contributed by atoms with Gasteiger partial charge in [-0.2, -0.15) is 4.80 Å². The number of aromatic nitrogens is 3. The van der Waals surface area contributed by atoms with Crippen LogP contribution in [0.3, 0.4) is 0 Å². The number of nitrogens with zero attached hydrogens (tertiary/aromatic N) is 3. The van der Waals surface area contributed by atoms with Crippen molar-refractivity contribution in [2.75, 3.05) is 18.5 Å². The van der Waals surface area contributed by atoms with E-state index in [-0.39, 0.29) is 5.91 Å². The first-order valence-corrected chi connectivity index (χ1v) is 10.8. The second-order valence-electron chi connectivity index (χ2n) is 7.30. The van der Waals surface area contributed by atoms with Crippen molar-refractivity contribution in [3.05, 3.63) is 72.3 Å². The Hall–Kier alpha value is -3.87. The van der Waals surface area contributed by atoms with Crippen LogP contribution in [-0.2, 0) is 0 Å². The highest BCUT2D eigenvalue weighted by Gasteiger charge is 2.10.